The van der Waals surface area contributed by atoms with Crippen molar-refractivity contribution in [1.82, 2.24) is 15.1 Å². The molecule has 0 saturated carbocycles. The van der Waals surface area contributed by atoms with Gasteiger partial charge in [-0.05, 0) is 37.2 Å². The van der Waals surface area contributed by atoms with Crippen molar-refractivity contribution in [3.05, 3.63) is 35.9 Å². The SMILES string of the molecule is CC(C)C(=O)NCC1CCCN(C(=O)C2CCCN2C(=O)Cc2ccccc2)C1. The first-order valence-corrected chi connectivity index (χ1v) is 10.9. The molecule has 1 aromatic carbocycles. The highest BCUT2D eigenvalue weighted by Crippen LogP contribution is 2.24. The molecule has 1 N–H and O–H groups in total. The number of hydrogen-bond donors (Lipinski definition) is 1. The molecule has 2 aliphatic heterocycles. The number of rotatable bonds is 6. The zero-order valence-electron chi connectivity index (χ0n) is 17.6. The molecule has 0 aromatic heterocycles. The van der Waals surface area contributed by atoms with Crippen molar-refractivity contribution in [2.24, 2.45) is 11.8 Å². The van der Waals surface area contributed by atoms with Crippen LogP contribution in [0.5, 0.6) is 0 Å². The highest BCUT2D eigenvalue weighted by molar-refractivity contribution is 5.89. The first-order valence-electron chi connectivity index (χ1n) is 10.9. The van der Waals surface area contributed by atoms with Gasteiger partial charge in [0.15, 0.2) is 0 Å². The Labute approximate surface area is 173 Å². The molecule has 2 fully saturated rings. The van der Waals surface area contributed by atoms with Crippen LogP contribution in [-0.4, -0.2) is 59.7 Å². The molecule has 1 aromatic rings. The summed E-state index contributed by atoms with van der Waals surface area (Å²) in [6, 6.07) is 9.36. The smallest absolute Gasteiger partial charge is 0.245 e. The van der Waals surface area contributed by atoms with E-state index in [-0.39, 0.29) is 35.6 Å². The van der Waals surface area contributed by atoms with Gasteiger partial charge in [-0.1, -0.05) is 44.2 Å². The summed E-state index contributed by atoms with van der Waals surface area (Å²) in [5.41, 5.74) is 0.981. The van der Waals surface area contributed by atoms with E-state index in [1.165, 1.54) is 0 Å². The lowest BCUT2D eigenvalue weighted by atomic mass is 9.96. The molecule has 158 valence electrons. The largest absolute Gasteiger partial charge is 0.356 e. The van der Waals surface area contributed by atoms with Crippen LogP contribution < -0.4 is 5.32 Å². The van der Waals surface area contributed by atoms with Crippen LogP contribution in [0.25, 0.3) is 0 Å². The van der Waals surface area contributed by atoms with Gasteiger partial charge in [0.1, 0.15) is 6.04 Å². The zero-order chi connectivity index (χ0) is 20.8. The summed E-state index contributed by atoms with van der Waals surface area (Å²) in [5.74, 6) is 0.416. The van der Waals surface area contributed by atoms with E-state index in [4.69, 9.17) is 0 Å². The second-order valence-corrected chi connectivity index (χ2v) is 8.60. The fourth-order valence-electron chi connectivity index (χ4n) is 4.29. The van der Waals surface area contributed by atoms with Crippen LogP contribution in [0, 0.1) is 11.8 Å². The molecule has 29 heavy (non-hydrogen) atoms. The van der Waals surface area contributed by atoms with Gasteiger partial charge in [0.25, 0.3) is 0 Å². The summed E-state index contributed by atoms with van der Waals surface area (Å²) in [6.45, 7) is 6.44. The number of carbonyl (C=O) groups is 3. The quantitative estimate of drug-likeness (QED) is 0.798. The van der Waals surface area contributed by atoms with Gasteiger partial charge in [-0.25, -0.2) is 0 Å². The number of carbonyl (C=O) groups excluding carboxylic acids is 3. The standard InChI is InChI=1S/C23H33N3O3/c1-17(2)22(28)24-15-19-10-6-12-25(16-19)23(29)20-11-7-13-26(20)21(27)14-18-8-4-3-5-9-18/h3-5,8-9,17,19-20H,6-7,10-16H2,1-2H3,(H,24,28). The van der Waals surface area contributed by atoms with Crippen LogP contribution in [0.15, 0.2) is 30.3 Å². The zero-order valence-corrected chi connectivity index (χ0v) is 17.6. The monoisotopic (exact) mass is 399 g/mol. The minimum absolute atomic E-state index is 0.0287. The van der Waals surface area contributed by atoms with E-state index in [1.54, 1.807) is 4.90 Å². The molecule has 0 spiro atoms. The minimum atomic E-state index is -0.338. The van der Waals surface area contributed by atoms with E-state index in [9.17, 15) is 14.4 Å². The van der Waals surface area contributed by atoms with Crippen LogP contribution in [0.2, 0.25) is 0 Å². The van der Waals surface area contributed by atoms with Gasteiger partial charge in [-0.15, -0.1) is 0 Å². The summed E-state index contributed by atoms with van der Waals surface area (Å²) < 4.78 is 0. The maximum Gasteiger partial charge on any atom is 0.245 e. The molecule has 6 heteroatoms. The molecule has 2 heterocycles. The van der Waals surface area contributed by atoms with E-state index >= 15 is 0 Å². The Bertz CT molecular complexity index is 719. The van der Waals surface area contributed by atoms with Crippen molar-refractivity contribution in [3.63, 3.8) is 0 Å². The predicted octanol–water partition coefficient (Wildman–Crippen LogP) is 2.23. The number of amides is 3. The third-order valence-electron chi connectivity index (χ3n) is 5.98. The Morgan fingerprint density at radius 1 is 1.07 bits per heavy atom. The number of benzene rings is 1. The Hall–Kier alpha value is -2.37. The molecule has 2 saturated heterocycles. The van der Waals surface area contributed by atoms with E-state index in [0.717, 1.165) is 37.8 Å². The average Bonchev–Trinajstić information content (AvgIpc) is 3.22. The van der Waals surface area contributed by atoms with Crippen molar-refractivity contribution in [2.45, 2.75) is 52.0 Å². The topological polar surface area (TPSA) is 69.7 Å². The van der Waals surface area contributed by atoms with Gasteiger partial charge < -0.3 is 15.1 Å². The van der Waals surface area contributed by atoms with E-state index in [1.807, 2.05) is 49.1 Å². The second-order valence-electron chi connectivity index (χ2n) is 8.60. The summed E-state index contributed by atoms with van der Waals surface area (Å²) in [7, 11) is 0. The van der Waals surface area contributed by atoms with Gasteiger partial charge in [-0.2, -0.15) is 0 Å². The third-order valence-corrected chi connectivity index (χ3v) is 5.98. The third kappa shape index (κ3) is 5.58. The first kappa shape index (κ1) is 21.3. The summed E-state index contributed by atoms with van der Waals surface area (Å²) in [4.78, 5) is 41.6. The summed E-state index contributed by atoms with van der Waals surface area (Å²) >= 11 is 0. The first-order chi connectivity index (χ1) is 14.0. The number of nitrogens with one attached hydrogen (secondary N) is 1. The molecule has 2 atom stereocenters. The minimum Gasteiger partial charge on any atom is -0.356 e. The lowest BCUT2D eigenvalue weighted by Crippen LogP contribution is -2.52. The summed E-state index contributed by atoms with van der Waals surface area (Å²) in [6.07, 6.45) is 3.92. The van der Waals surface area contributed by atoms with Crippen LogP contribution in [0.3, 0.4) is 0 Å². The Morgan fingerprint density at radius 3 is 2.52 bits per heavy atom. The van der Waals surface area contributed by atoms with Gasteiger partial charge in [0, 0.05) is 32.1 Å². The molecule has 2 aliphatic rings. The van der Waals surface area contributed by atoms with Crippen LogP contribution in [-0.2, 0) is 20.8 Å². The van der Waals surface area contributed by atoms with Crippen molar-refractivity contribution in [2.75, 3.05) is 26.2 Å². The molecule has 6 nitrogen and oxygen atoms in total. The number of piperidine rings is 1. The average molecular weight is 400 g/mol. The van der Waals surface area contributed by atoms with Crippen LogP contribution >= 0.6 is 0 Å². The van der Waals surface area contributed by atoms with Crippen molar-refractivity contribution in [3.8, 4) is 0 Å². The maximum absolute atomic E-state index is 13.2. The molecular formula is C23H33N3O3. The van der Waals surface area contributed by atoms with Crippen LogP contribution in [0.1, 0.15) is 45.1 Å². The fourth-order valence-corrected chi connectivity index (χ4v) is 4.29. The number of hydrogen-bond acceptors (Lipinski definition) is 3. The summed E-state index contributed by atoms with van der Waals surface area (Å²) in [5, 5.41) is 2.99. The van der Waals surface area contributed by atoms with Crippen molar-refractivity contribution < 1.29 is 14.4 Å². The predicted molar refractivity (Wildman–Crippen MR) is 112 cm³/mol. The molecule has 3 amide bonds. The molecule has 2 unspecified atom stereocenters. The molecule has 0 aliphatic carbocycles. The fraction of sp³-hybridized carbons (Fsp3) is 0.609. The maximum atomic E-state index is 13.2. The van der Waals surface area contributed by atoms with Crippen LogP contribution in [0.4, 0.5) is 0 Å². The Morgan fingerprint density at radius 2 is 1.79 bits per heavy atom. The van der Waals surface area contributed by atoms with E-state index in [0.29, 0.717) is 26.1 Å². The lowest BCUT2D eigenvalue weighted by molar-refractivity contribution is -0.144. The number of likely N-dealkylation sites (tertiary alicyclic amines) is 2. The van der Waals surface area contributed by atoms with E-state index in [2.05, 4.69) is 5.32 Å². The lowest BCUT2D eigenvalue weighted by Gasteiger charge is -2.36. The Balaban J connectivity index is 1.56. The van der Waals surface area contributed by atoms with E-state index < -0.39 is 0 Å². The van der Waals surface area contributed by atoms with Gasteiger partial charge in [0.2, 0.25) is 17.7 Å². The molecule has 3 rings (SSSR count). The van der Waals surface area contributed by atoms with Gasteiger partial charge in [0.05, 0.1) is 6.42 Å². The van der Waals surface area contributed by atoms with Gasteiger partial charge in [-0.3, -0.25) is 14.4 Å². The number of nitrogens with zero attached hydrogens (tertiary/aromatic N) is 2. The molecule has 0 bridgehead atoms. The molecular weight excluding hydrogens is 366 g/mol. The van der Waals surface area contributed by atoms with Gasteiger partial charge >= 0.3 is 0 Å². The van der Waals surface area contributed by atoms with Crippen molar-refractivity contribution in [1.29, 1.82) is 0 Å². The highest BCUT2D eigenvalue weighted by Gasteiger charge is 2.37. The van der Waals surface area contributed by atoms with Crippen molar-refractivity contribution >= 4 is 17.7 Å². The molecule has 0 radical (unpaired) electrons. The second kappa shape index (κ2) is 9.90. The normalized spacial score (nSPS) is 22.0. The Kier molecular flexibility index (Phi) is 7.29. The highest BCUT2D eigenvalue weighted by atomic mass is 16.2.